The molecule has 1 amide bonds. The van der Waals surface area contributed by atoms with Crippen molar-refractivity contribution in [2.24, 2.45) is 5.73 Å². The van der Waals surface area contributed by atoms with E-state index in [0.717, 1.165) is 0 Å². The lowest BCUT2D eigenvalue weighted by Crippen LogP contribution is -2.16. The highest BCUT2D eigenvalue weighted by atomic mass is 32.1. The number of thiocarbonyl (C=S) groups is 1. The van der Waals surface area contributed by atoms with Gasteiger partial charge in [-0.1, -0.05) is 12.2 Å². The van der Waals surface area contributed by atoms with Crippen molar-refractivity contribution < 1.29 is 13.9 Å². The Bertz CT molecular complexity index is 689. The van der Waals surface area contributed by atoms with E-state index in [9.17, 15) is 9.18 Å². The number of pyridine rings is 1. The first kappa shape index (κ1) is 14.9. The molecule has 1 heterocycles. The minimum Gasteiger partial charge on any atom is -0.497 e. The van der Waals surface area contributed by atoms with Crippen molar-refractivity contribution >= 4 is 28.8 Å². The van der Waals surface area contributed by atoms with Gasteiger partial charge in [0, 0.05) is 17.8 Å². The fourth-order valence-electron chi connectivity index (χ4n) is 1.59. The quantitative estimate of drug-likeness (QED) is 0.846. The SMILES string of the molecule is COc1ccc(F)c(NC(=O)c2ccc(C(N)=S)cn2)c1. The van der Waals surface area contributed by atoms with E-state index in [4.69, 9.17) is 22.7 Å². The van der Waals surface area contributed by atoms with Gasteiger partial charge in [-0.05, 0) is 24.3 Å². The molecule has 0 saturated heterocycles. The molecule has 2 rings (SSSR count). The number of benzene rings is 1. The van der Waals surface area contributed by atoms with E-state index in [1.165, 1.54) is 37.6 Å². The molecule has 3 N–H and O–H groups in total. The molecule has 0 spiro atoms. The summed E-state index contributed by atoms with van der Waals surface area (Å²) < 4.78 is 18.6. The summed E-state index contributed by atoms with van der Waals surface area (Å²) >= 11 is 4.79. The normalized spacial score (nSPS) is 10.0. The average Bonchev–Trinajstić information content (AvgIpc) is 2.49. The van der Waals surface area contributed by atoms with Crippen molar-refractivity contribution in [1.29, 1.82) is 0 Å². The van der Waals surface area contributed by atoms with Gasteiger partial charge < -0.3 is 15.8 Å². The van der Waals surface area contributed by atoms with Gasteiger partial charge in [0.15, 0.2) is 0 Å². The van der Waals surface area contributed by atoms with Gasteiger partial charge in [0.25, 0.3) is 5.91 Å². The molecule has 2 aromatic rings. The number of aromatic nitrogens is 1. The average molecular weight is 305 g/mol. The van der Waals surface area contributed by atoms with Gasteiger partial charge in [0.1, 0.15) is 22.2 Å². The largest absolute Gasteiger partial charge is 0.497 e. The van der Waals surface area contributed by atoms with Gasteiger partial charge in [0.05, 0.1) is 12.8 Å². The van der Waals surface area contributed by atoms with Gasteiger partial charge in [0.2, 0.25) is 0 Å². The predicted molar refractivity (Wildman–Crippen MR) is 81.0 cm³/mol. The van der Waals surface area contributed by atoms with Crippen LogP contribution in [0.4, 0.5) is 10.1 Å². The number of hydrogen-bond donors (Lipinski definition) is 2. The van der Waals surface area contributed by atoms with Crippen LogP contribution in [0.25, 0.3) is 0 Å². The van der Waals surface area contributed by atoms with Gasteiger partial charge in [-0.25, -0.2) is 4.39 Å². The second-order valence-electron chi connectivity index (χ2n) is 4.10. The summed E-state index contributed by atoms with van der Waals surface area (Å²) in [5.74, 6) is -0.677. The third kappa shape index (κ3) is 3.51. The van der Waals surface area contributed by atoms with Crippen molar-refractivity contribution in [3.8, 4) is 5.75 Å². The molecule has 1 aromatic heterocycles. The van der Waals surface area contributed by atoms with Crippen LogP contribution in [-0.4, -0.2) is 23.0 Å². The fourth-order valence-corrected chi connectivity index (χ4v) is 1.71. The highest BCUT2D eigenvalue weighted by molar-refractivity contribution is 7.80. The Hall–Kier alpha value is -2.54. The van der Waals surface area contributed by atoms with E-state index >= 15 is 0 Å². The summed E-state index contributed by atoms with van der Waals surface area (Å²) in [6.45, 7) is 0. The van der Waals surface area contributed by atoms with Crippen molar-refractivity contribution in [2.45, 2.75) is 0 Å². The van der Waals surface area contributed by atoms with E-state index in [-0.39, 0.29) is 16.4 Å². The van der Waals surface area contributed by atoms with Crippen LogP contribution in [0.5, 0.6) is 5.75 Å². The molecule has 21 heavy (non-hydrogen) atoms. The molecule has 0 bridgehead atoms. The number of nitrogens with two attached hydrogens (primary N) is 1. The maximum Gasteiger partial charge on any atom is 0.274 e. The first-order valence-electron chi connectivity index (χ1n) is 5.92. The fraction of sp³-hybridized carbons (Fsp3) is 0.0714. The van der Waals surface area contributed by atoms with Gasteiger partial charge in [-0.15, -0.1) is 0 Å². The van der Waals surface area contributed by atoms with E-state index in [1.54, 1.807) is 6.07 Å². The number of carbonyl (C=O) groups excluding carboxylic acids is 1. The standard InChI is InChI=1S/C14H12FN3O2S/c1-20-9-3-4-10(15)12(6-9)18-14(19)11-5-2-8(7-17-11)13(16)21/h2-7H,1H3,(H2,16,21)(H,18,19). The van der Waals surface area contributed by atoms with Crippen molar-refractivity contribution in [3.05, 3.63) is 53.6 Å². The Balaban J connectivity index is 2.19. The molecular formula is C14H12FN3O2S. The van der Waals surface area contributed by atoms with E-state index in [1.807, 2.05) is 0 Å². The Labute approximate surface area is 125 Å². The molecule has 1 aromatic carbocycles. The number of halogens is 1. The first-order valence-corrected chi connectivity index (χ1v) is 6.33. The zero-order valence-electron chi connectivity index (χ0n) is 11.1. The maximum absolute atomic E-state index is 13.6. The Morgan fingerprint density at radius 3 is 2.71 bits per heavy atom. The lowest BCUT2D eigenvalue weighted by atomic mass is 10.2. The van der Waals surface area contributed by atoms with Crippen molar-refractivity contribution in [2.75, 3.05) is 12.4 Å². The number of nitrogens with zero attached hydrogens (tertiary/aromatic N) is 1. The van der Waals surface area contributed by atoms with Crippen molar-refractivity contribution in [3.63, 3.8) is 0 Å². The molecule has 0 aliphatic carbocycles. The topological polar surface area (TPSA) is 77.2 Å². The number of carbonyl (C=O) groups is 1. The van der Waals surface area contributed by atoms with Crippen LogP contribution >= 0.6 is 12.2 Å². The third-order valence-electron chi connectivity index (χ3n) is 2.70. The summed E-state index contributed by atoms with van der Waals surface area (Å²) in [7, 11) is 1.45. The zero-order chi connectivity index (χ0) is 15.4. The summed E-state index contributed by atoms with van der Waals surface area (Å²) in [5, 5.41) is 2.43. The number of anilines is 1. The summed E-state index contributed by atoms with van der Waals surface area (Å²) in [6.07, 6.45) is 1.39. The number of amides is 1. The number of rotatable bonds is 4. The molecular weight excluding hydrogens is 293 g/mol. The first-order chi connectivity index (χ1) is 10.0. The molecule has 0 radical (unpaired) electrons. The smallest absolute Gasteiger partial charge is 0.274 e. The molecule has 0 unspecified atom stereocenters. The number of nitrogens with one attached hydrogen (secondary N) is 1. The number of hydrogen-bond acceptors (Lipinski definition) is 4. The summed E-state index contributed by atoms with van der Waals surface area (Å²) in [6, 6.07) is 7.09. The Morgan fingerprint density at radius 2 is 2.14 bits per heavy atom. The molecule has 5 nitrogen and oxygen atoms in total. The molecule has 0 atom stereocenters. The molecule has 0 fully saturated rings. The van der Waals surface area contributed by atoms with Crippen LogP contribution in [0.2, 0.25) is 0 Å². The molecule has 108 valence electrons. The zero-order valence-corrected chi connectivity index (χ0v) is 11.9. The third-order valence-corrected chi connectivity index (χ3v) is 2.94. The van der Waals surface area contributed by atoms with Crippen LogP contribution in [0.15, 0.2) is 36.5 Å². The lowest BCUT2D eigenvalue weighted by molar-refractivity contribution is 0.102. The van der Waals surface area contributed by atoms with Gasteiger partial charge >= 0.3 is 0 Å². The van der Waals surface area contributed by atoms with Gasteiger partial charge in [-0.3, -0.25) is 9.78 Å². The van der Waals surface area contributed by atoms with Crippen LogP contribution in [0, 0.1) is 5.82 Å². The second-order valence-corrected chi connectivity index (χ2v) is 4.54. The maximum atomic E-state index is 13.6. The van der Waals surface area contributed by atoms with Crippen LogP contribution in [0.3, 0.4) is 0 Å². The highest BCUT2D eigenvalue weighted by Crippen LogP contribution is 2.21. The molecule has 0 saturated carbocycles. The number of ether oxygens (including phenoxy) is 1. The highest BCUT2D eigenvalue weighted by Gasteiger charge is 2.12. The molecule has 0 aliphatic heterocycles. The minimum absolute atomic E-state index is 0.0135. The predicted octanol–water partition coefficient (Wildman–Crippen LogP) is 2.12. The summed E-state index contributed by atoms with van der Waals surface area (Å²) in [4.78, 5) is 16.1. The van der Waals surface area contributed by atoms with E-state index < -0.39 is 11.7 Å². The molecule has 7 heteroatoms. The Kier molecular flexibility index (Phi) is 4.44. The monoisotopic (exact) mass is 305 g/mol. The molecule has 0 aliphatic rings. The van der Waals surface area contributed by atoms with Gasteiger partial charge in [-0.2, -0.15) is 0 Å². The van der Waals surface area contributed by atoms with Crippen LogP contribution in [-0.2, 0) is 0 Å². The number of methoxy groups -OCH3 is 1. The van der Waals surface area contributed by atoms with Crippen LogP contribution in [0.1, 0.15) is 16.1 Å². The van der Waals surface area contributed by atoms with Crippen molar-refractivity contribution in [1.82, 2.24) is 4.98 Å². The van der Waals surface area contributed by atoms with E-state index in [0.29, 0.717) is 11.3 Å². The lowest BCUT2D eigenvalue weighted by Gasteiger charge is -2.08. The minimum atomic E-state index is -0.566. The van der Waals surface area contributed by atoms with E-state index in [2.05, 4.69) is 10.3 Å². The summed E-state index contributed by atoms with van der Waals surface area (Å²) in [5.41, 5.74) is 6.13. The second kappa shape index (κ2) is 6.27. The Morgan fingerprint density at radius 1 is 1.38 bits per heavy atom. The van der Waals surface area contributed by atoms with Crippen LogP contribution < -0.4 is 15.8 Å².